The molecule has 1 heterocycles. The quantitative estimate of drug-likeness (QED) is 0.852. The number of amides is 3. The van der Waals surface area contributed by atoms with Gasteiger partial charge in [0.1, 0.15) is 0 Å². The molecule has 1 unspecified atom stereocenters. The van der Waals surface area contributed by atoms with E-state index < -0.39 is 0 Å². The highest BCUT2D eigenvalue weighted by Gasteiger charge is 2.38. The number of nitrogens with zero attached hydrogens (tertiary/aromatic N) is 2. The van der Waals surface area contributed by atoms with Gasteiger partial charge in [0.2, 0.25) is 5.91 Å². The van der Waals surface area contributed by atoms with E-state index in [1.165, 1.54) is 0 Å². The molecule has 3 rings (SSSR count). The molecule has 0 bridgehead atoms. The molecule has 5 nitrogen and oxygen atoms in total. The van der Waals surface area contributed by atoms with Gasteiger partial charge >= 0.3 is 6.03 Å². The van der Waals surface area contributed by atoms with Crippen molar-refractivity contribution >= 4 is 39.2 Å². The van der Waals surface area contributed by atoms with E-state index in [0.29, 0.717) is 13.0 Å². The topological polar surface area (TPSA) is 66.6 Å². The zero-order chi connectivity index (χ0) is 17.1. The maximum absolute atomic E-state index is 13.0. The maximum Gasteiger partial charge on any atom is 0.329 e. The number of para-hydroxylation sites is 1. The van der Waals surface area contributed by atoms with Crippen LogP contribution in [0.25, 0.3) is 0 Å². The lowest BCUT2D eigenvalue weighted by Gasteiger charge is -2.23. The number of urea groups is 1. The summed E-state index contributed by atoms with van der Waals surface area (Å²) < 4.78 is 0.950. The van der Waals surface area contributed by atoms with Crippen molar-refractivity contribution in [3.8, 4) is 0 Å². The number of anilines is 2. The lowest BCUT2D eigenvalue weighted by atomic mass is 10.1. The Bertz CT molecular complexity index is 734. The van der Waals surface area contributed by atoms with Gasteiger partial charge in [-0.3, -0.25) is 14.6 Å². The van der Waals surface area contributed by atoms with Crippen LogP contribution in [0.15, 0.2) is 59.1 Å². The summed E-state index contributed by atoms with van der Waals surface area (Å²) in [6, 6.07) is 17.0. The second kappa shape index (κ2) is 7.05. The molecule has 2 N–H and O–H groups in total. The highest BCUT2D eigenvalue weighted by Crippen LogP contribution is 2.31. The van der Waals surface area contributed by atoms with E-state index >= 15 is 0 Å². The number of primary amides is 1. The zero-order valence-electron chi connectivity index (χ0n) is 13.1. The van der Waals surface area contributed by atoms with E-state index in [2.05, 4.69) is 15.9 Å². The van der Waals surface area contributed by atoms with E-state index in [-0.39, 0.29) is 24.4 Å². The van der Waals surface area contributed by atoms with Gasteiger partial charge in [0.05, 0.1) is 6.04 Å². The molecular weight excluding hydrogens is 370 g/mol. The van der Waals surface area contributed by atoms with Crippen LogP contribution >= 0.6 is 15.9 Å². The molecule has 0 aromatic heterocycles. The molecule has 1 fully saturated rings. The van der Waals surface area contributed by atoms with Gasteiger partial charge in [-0.25, -0.2) is 4.79 Å². The average molecular weight is 388 g/mol. The predicted octanol–water partition coefficient (Wildman–Crippen LogP) is 3.53. The number of rotatable bonds is 5. The van der Waals surface area contributed by atoms with Gasteiger partial charge < -0.3 is 5.73 Å². The summed E-state index contributed by atoms with van der Waals surface area (Å²) in [5.74, 6) is -0.351. The first-order chi connectivity index (χ1) is 11.6. The van der Waals surface area contributed by atoms with Gasteiger partial charge in [-0.15, -0.1) is 0 Å². The van der Waals surface area contributed by atoms with Gasteiger partial charge in [0.15, 0.2) is 0 Å². The number of hydrogen-bond acceptors (Lipinski definition) is 2. The molecule has 2 aromatic rings. The Morgan fingerprint density at radius 3 is 2.38 bits per heavy atom. The molecule has 124 valence electrons. The summed E-state index contributed by atoms with van der Waals surface area (Å²) in [6.45, 7) is 0.534. The van der Waals surface area contributed by atoms with Crippen LogP contribution in [0, 0.1) is 0 Å². The van der Waals surface area contributed by atoms with Crippen LogP contribution in [0.3, 0.4) is 0 Å². The van der Waals surface area contributed by atoms with Gasteiger partial charge in [0, 0.05) is 28.8 Å². The van der Waals surface area contributed by atoms with Crippen molar-refractivity contribution in [3.05, 3.63) is 59.1 Å². The SMILES string of the molecule is NC(=O)CCC1CN(c2ccccc2)C(=O)N1c1ccc(Br)cc1. The minimum absolute atomic E-state index is 0.0852. The summed E-state index contributed by atoms with van der Waals surface area (Å²) in [7, 11) is 0. The van der Waals surface area contributed by atoms with E-state index in [1.54, 1.807) is 9.80 Å². The Labute approximate surface area is 149 Å². The van der Waals surface area contributed by atoms with Gasteiger partial charge in [-0.05, 0) is 42.8 Å². The Morgan fingerprint density at radius 2 is 1.75 bits per heavy atom. The van der Waals surface area contributed by atoms with Crippen LogP contribution in [0.1, 0.15) is 12.8 Å². The molecule has 3 amide bonds. The summed E-state index contributed by atoms with van der Waals surface area (Å²) in [4.78, 5) is 27.6. The number of carbonyl (C=O) groups excluding carboxylic acids is 2. The Balaban J connectivity index is 1.91. The highest BCUT2D eigenvalue weighted by atomic mass is 79.9. The smallest absolute Gasteiger partial charge is 0.329 e. The van der Waals surface area contributed by atoms with Crippen LogP contribution in [-0.2, 0) is 4.79 Å². The van der Waals surface area contributed by atoms with Crippen LogP contribution < -0.4 is 15.5 Å². The summed E-state index contributed by atoms with van der Waals surface area (Å²) in [6.07, 6.45) is 0.800. The summed E-state index contributed by atoms with van der Waals surface area (Å²) in [5.41, 5.74) is 6.96. The van der Waals surface area contributed by atoms with E-state index in [9.17, 15) is 9.59 Å². The number of nitrogens with two attached hydrogens (primary N) is 1. The molecule has 1 atom stereocenters. The normalized spacial score (nSPS) is 17.4. The minimum Gasteiger partial charge on any atom is -0.370 e. The average Bonchev–Trinajstić information content (AvgIpc) is 2.91. The molecule has 0 aliphatic carbocycles. The van der Waals surface area contributed by atoms with E-state index in [1.807, 2.05) is 54.6 Å². The van der Waals surface area contributed by atoms with Crippen molar-refractivity contribution in [2.45, 2.75) is 18.9 Å². The number of hydrogen-bond donors (Lipinski definition) is 1. The number of halogens is 1. The molecule has 24 heavy (non-hydrogen) atoms. The molecule has 2 aromatic carbocycles. The van der Waals surface area contributed by atoms with Crippen molar-refractivity contribution in [2.24, 2.45) is 5.73 Å². The third kappa shape index (κ3) is 3.43. The fourth-order valence-corrected chi connectivity index (χ4v) is 3.20. The molecule has 0 spiro atoms. The molecule has 1 aliphatic heterocycles. The molecule has 1 aliphatic rings. The first-order valence-corrected chi connectivity index (χ1v) is 8.55. The Hall–Kier alpha value is -2.34. The third-order valence-corrected chi connectivity index (χ3v) is 4.62. The molecule has 6 heteroatoms. The maximum atomic E-state index is 13.0. The van der Waals surface area contributed by atoms with Crippen LogP contribution in [0.2, 0.25) is 0 Å². The largest absolute Gasteiger partial charge is 0.370 e. The van der Waals surface area contributed by atoms with E-state index in [4.69, 9.17) is 5.73 Å². The number of benzene rings is 2. The van der Waals surface area contributed by atoms with Gasteiger partial charge in [-0.1, -0.05) is 34.1 Å². The van der Waals surface area contributed by atoms with Gasteiger partial charge in [0.25, 0.3) is 0 Å². The monoisotopic (exact) mass is 387 g/mol. The van der Waals surface area contributed by atoms with Crippen molar-refractivity contribution in [2.75, 3.05) is 16.3 Å². The minimum atomic E-state index is -0.351. The third-order valence-electron chi connectivity index (χ3n) is 4.09. The molecular formula is C18H18BrN3O2. The first kappa shape index (κ1) is 16.5. The second-order valence-corrected chi connectivity index (χ2v) is 6.65. The van der Waals surface area contributed by atoms with Crippen molar-refractivity contribution in [1.82, 2.24) is 0 Å². The van der Waals surface area contributed by atoms with Crippen LogP contribution in [-0.4, -0.2) is 24.5 Å². The lowest BCUT2D eigenvalue weighted by Crippen LogP contribution is -2.35. The van der Waals surface area contributed by atoms with Crippen molar-refractivity contribution in [3.63, 3.8) is 0 Å². The lowest BCUT2D eigenvalue weighted by molar-refractivity contribution is -0.118. The second-order valence-electron chi connectivity index (χ2n) is 5.73. The zero-order valence-corrected chi connectivity index (χ0v) is 14.6. The summed E-state index contributed by atoms with van der Waals surface area (Å²) >= 11 is 3.41. The fourth-order valence-electron chi connectivity index (χ4n) is 2.93. The van der Waals surface area contributed by atoms with Gasteiger partial charge in [-0.2, -0.15) is 0 Å². The molecule has 1 saturated heterocycles. The number of carbonyl (C=O) groups is 2. The summed E-state index contributed by atoms with van der Waals surface area (Å²) in [5, 5.41) is 0. The first-order valence-electron chi connectivity index (χ1n) is 7.76. The van der Waals surface area contributed by atoms with E-state index in [0.717, 1.165) is 15.8 Å². The standard InChI is InChI=1S/C18H18BrN3O2/c19-13-6-8-15(9-7-13)22-16(10-11-17(20)23)12-21(18(22)24)14-4-2-1-3-5-14/h1-9,16H,10-12H2,(H2,20,23). The van der Waals surface area contributed by atoms with Crippen molar-refractivity contribution in [1.29, 1.82) is 0 Å². The molecule has 0 saturated carbocycles. The Morgan fingerprint density at radius 1 is 1.08 bits per heavy atom. The Kier molecular flexibility index (Phi) is 4.85. The highest BCUT2D eigenvalue weighted by molar-refractivity contribution is 9.10. The van der Waals surface area contributed by atoms with Crippen LogP contribution in [0.5, 0.6) is 0 Å². The van der Waals surface area contributed by atoms with Crippen LogP contribution in [0.4, 0.5) is 16.2 Å². The molecule has 0 radical (unpaired) electrons. The predicted molar refractivity (Wildman–Crippen MR) is 98.0 cm³/mol. The van der Waals surface area contributed by atoms with Crippen molar-refractivity contribution < 1.29 is 9.59 Å². The fraction of sp³-hybridized carbons (Fsp3) is 0.222.